The predicted molar refractivity (Wildman–Crippen MR) is 90.4 cm³/mol. The molecule has 0 saturated carbocycles. The minimum Gasteiger partial charge on any atom is -0.375 e. The lowest BCUT2D eigenvalue weighted by atomic mass is 10.2. The summed E-state index contributed by atoms with van der Waals surface area (Å²) in [6, 6.07) is 13.9. The molecule has 0 unspecified atom stereocenters. The first-order valence-corrected chi connectivity index (χ1v) is 7.56. The van der Waals surface area contributed by atoms with Crippen LogP contribution in [0.3, 0.4) is 0 Å². The number of nitrogens with one attached hydrogen (secondary N) is 1. The van der Waals surface area contributed by atoms with Gasteiger partial charge in [-0.3, -0.25) is 9.78 Å². The third kappa shape index (κ3) is 4.58. The number of hydrogen-bond donors (Lipinski definition) is 1. The smallest absolute Gasteiger partial charge is 0.251 e. The average molecular weight is 297 g/mol. The average Bonchev–Trinajstić information content (AvgIpc) is 2.51. The highest BCUT2D eigenvalue weighted by molar-refractivity contribution is 5.94. The number of hydrogen-bond acceptors (Lipinski definition) is 3. The quantitative estimate of drug-likeness (QED) is 0.834. The molecule has 4 heteroatoms. The van der Waals surface area contributed by atoms with E-state index >= 15 is 0 Å². The number of aromatic nitrogens is 1. The second-order valence-corrected chi connectivity index (χ2v) is 5.51. The van der Waals surface area contributed by atoms with E-state index < -0.39 is 0 Å². The minimum absolute atomic E-state index is 0.0315. The van der Waals surface area contributed by atoms with Crippen LogP contribution in [0, 0.1) is 13.8 Å². The summed E-state index contributed by atoms with van der Waals surface area (Å²) in [6.07, 6.45) is 0.903. The number of rotatable bonds is 6. The largest absolute Gasteiger partial charge is 0.375 e. The van der Waals surface area contributed by atoms with Gasteiger partial charge in [0.1, 0.15) is 0 Å². The van der Waals surface area contributed by atoms with Crippen LogP contribution in [0.1, 0.15) is 28.2 Å². The second kappa shape index (κ2) is 7.59. The summed E-state index contributed by atoms with van der Waals surface area (Å²) in [5, 5.41) is 2.97. The van der Waals surface area contributed by atoms with E-state index in [2.05, 4.69) is 34.4 Å². The van der Waals surface area contributed by atoms with Crippen molar-refractivity contribution in [1.82, 2.24) is 10.3 Å². The second-order valence-electron chi connectivity index (χ2n) is 5.51. The fraction of sp³-hybridized carbons (Fsp3) is 0.333. The lowest BCUT2D eigenvalue weighted by Crippen LogP contribution is -2.28. The molecule has 1 aromatic heterocycles. The van der Waals surface area contributed by atoms with E-state index in [4.69, 9.17) is 0 Å². The Morgan fingerprint density at radius 1 is 1.14 bits per heavy atom. The monoisotopic (exact) mass is 297 g/mol. The van der Waals surface area contributed by atoms with Crippen molar-refractivity contribution in [3.8, 4) is 0 Å². The summed E-state index contributed by atoms with van der Waals surface area (Å²) in [6.45, 7) is 5.37. The van der Waals surface area contributed by atoms with Crippen LogP contribution < -0.4 is 10.2 Å². The highest BCUT2D eigenvalue weighted by Crippen LogP contribution is 2.10. The molecule has 116 valence electrons. The number of pyridine rings is 1. The molecule has 1 amide bonds. The summed E-state index contributed by atoms with van der Waals surface area (Å²) in [5.41, 5.74) is 3.61. The fourth-order valence-corrected chi connectivity index (χ4v) is 2.40. The van der Waals surface area contributed by atoms with Gasteiger partial charge in [0.2, 0.25) is 0 Å². The number of nitrogens with zero attached hydrogens (tertiary/aromatic N) is 2. The highest BCUT2D eigenvalue weighted by Gasteiger charge is 2.07. The van der Waals surface area contributed by atoms with Gasteiger partial charge in [0.15, 0.2) is 0 Å². The first-order chi connectivity index (χ1) is 10.6. The first-order valence-electron chi connectivity index (χ1n) is 7.56. The van der Waals surface area contributed by atoms with Crippen molar-refractivity contribution < 1.29 is 4.79 Å². The molecule has 1 N–H and O–H groups in total. The lowest BCUT2D eigenvalue weighted by molar-refractivity contribution is 0.0953. The zero-order chi connectivity index (χ0) is 15.9. The Morgan fingerprint density at radius 3 is 2.41 bits per heavy atom. The molecule has 0 fully saturated rings. The molecule has 0 aliphatic rings. The van der Waals surface area contributed by atoms with E-state index in [1.807, 2.05) is 44.2 Å². The van der Waals surface area contributed by atoms with Crippen LogP contribution >= 0.6 is 0 Å². The van der Waals surface area contributed by atoms with E-state index in [0.29, 0.717) is 12.1 Å². The maximum atomic E-state index is 12.1. The summed E-state index contributed by atoms with van der Waals surface area (Å²) < 4.78 is 0. The van der Waals surface area contributed by atoms with E-state index in [1.165, 1.54) is 5.69 Å². The van der Waals surface area contributed by atoms with Crippen molar-refractivity contribution in [2.45, 2.75) is 20.3 Å². The number of amides is 1. The van der Waals surface area contributed by atoms with Gasteiger partial charge in [-0.15, -0.1) is 0 Å². The van der Waals surface area contributed by atoms with Crippen molar-refractivity contribution >= 4 is 11.6 Å². The van der Waals surface area contributed by atoms with Crippen molar-refractivity contribution in [3.05, 3.63) is 59.4 Å². The van der Waals surface area contributed by atoms with Crippen molar-refractivity contribution in [1.29, 1.82) is 0 Å². The van der Waals surface area contributed by atoms with Crippen molar-refractivity contribution in [3.63, 3.8) is 0 Å². The molecule has 22 heavy (non-hydrogen) atoms. The fourth-order valence-electron chi connectivity index (χ4n) is 2.40. The number of carbonyl (C=O) groups is 1. The molecule has 0 aliphatic carbocycles. The zero-order valence-corrected chi connectivity index (χ0v) is 13.5. The van der Waals surface area contributed by atoms with E-state index in [-0.39, 0.29) is 5.91 Å². The van der Waals surface area contributed by atoms with Crippen molar-refractivity contribution in [2.75, 3.05) is 25.0 Å². The van der Waals surface area contributed by atoms with Gasteiger partial charge in [0, 0.05) is 42.8 Å². The standard InChI is InChI=1S/C18H23N3O/c1-14-12-16(13-15(2)20-14)18(22)19-10-7-11-21(3)17-8-5-4-6-9-17/h4-6,8-9,12-13H,7,10-11H2,1-3H3,(H,19,22). The Kier molecular flexibility index (Phi) is 5.53. The van der Waals surface area contributed by atoms with Gasteiger partial charge >= 0.3 is 0 Å². The molecule has 0 spiro atoms. The minimum atomic E-state index is -0.0315. The summed E-state index contributed by atoms with van der Waals surface area (Å²) in [5.74, 6) is -0.0315. The molecule has 4 nitrogen and oxygen atoms in total. The predicted octanol–water partition coefficient (Wildman–Crippen LogP) is 2.95. The summed E-state index contributed by atoms with van der Waals surface area (Å²) in [4.78, 5) is 18.6. The molecule has 2 aromatic rings. The third-order valence-corrected chi connectivity index (χ3v) is 3.50. The third-order valence-electron chi connectivity index (χ3n) is 3.50. The Morgan fingerprint density at radius 2 is 1.77 bits per heavy atom. The first kappa shape index (κ1) is 16.0. The van der Waals surface area contributed by atoms with Crippen LogP contribution in [0.15, 0.2) is 42.5 Å². The SMILES string of the molecule is Cc1cc(C(=O)NCCCN(C)c2ccccc2)cc(C)n1. The van der Waals surface area contributed by atoms with Gasteiger partial charge < -0.3 is 10.2 Å². The van der Waals surface area contributed by atoms with Gasteiger partial charge in [0.25, 0.3) is 5.91 Å². The lowest BCUT2D eigenvalue weighted by Gasteiger charge is -2.19. The van der Waals surface area contributed by atoms with Crippen LogP contribution in [-0.4, -0.2) is 31.0 Å². The van der Waals surface area contributed by atoms with Crippen LogP contribution in [0.2, 0.25) is 0 Å². The topological polar surface area (TPSA) is 45.2 Å². The maximum Gasteiger partial charge on any atom is 0.251 e. The van der Waals surface area contributed by atoms with Gasteiger partial charge in [-0.2, -0.15) is 0 Å². The Labute approximate surface area is 132 Å². The van der Waals surface area contributed by atoms with Gasteiger partial charge in [0.05, 0.1) is 0 Å². The van der Waals surface area contributed by atoms with Crippen LogP contribution in [0.5, 0.6) is 0 Å². The number of benzene rings is 1. The van der Waals surface area contributed by atoms with Gasteiger partial charge in [-0.05, 0) is 44.5 Å². The Balaban J connectivity index is 1.78. The molecule has 0 saturated heterocycles. The van der Waals surface area contributed by atoms with Gasteiger partial charge in [-0.1, -0.05) is 18.2 Å². The van der Waals surface area contributed by atoms with Crippen LogP contribution in [0.4, 0.5) is 5.69 Å². The Bertz CT molecular complexity index is 605. The number of anilines is 1. The van der Waals surface area contributed by atoms with E-state index in [9.17, 15) is 4.79 Å². The molecular formula is C18H23N3O. The van der Waals surface area contributed by atoms with Gasteiger partial charge in [-0.25, -0.2) is 0 Å². The maximum absolute atomic E-state index is 12.1. The molecule has 1 heterocycles. The van der Waals surface area contributed by atoms with Crippen LogP contribution in [0.25, 0.3) is 0 Å². The van der Waals surface area contributed by atoms with Crippen LogP contribution in [-0.2, 0) is 0 Å². The number of aryl methyl sites for hydroxylation is 2. The van der Waals surface area contributed by atoms with E-state index in [0.717, 1.165) is 24.4 Å². The molecule has 0 radical (unpaired) electrons. The molecular weight excluding hydrogens is 274 g/mol. The van der Waals surface area contributed by atoms with E-state index in [1.54, 1.807) is 0 Å². The highest BCUT2D eigenvalue weighted by atomic mass is 16.1. The number of carbonyl (C=O) groups excluding carboxylic acids is 1. The molecule has 0 aliphatic heterocycles. The molecule has 1 aromatic carbocycles. The molecule has 0 bridgehead atoms. The summed E-state index contributed by atoms with van der Waals surface area (Å²) in [7, 11) is 2.06. The zero-order valence-electron chi connectivity index (χ0n) is 13.5. The Hall–Kier alpha value is -2.36. The summed E-state index contributed by atoms with van der Waals surface area (Å²) >= 11 is 0. The van der Waals surface area contributed by atoms with Crippen molar-refractivity contribution in [2.24, 2.45) is 0 Å². The number of para-hydroxylation sites is 1. The normalized spacial score (nSPS) is 10.3. The molecule has 2 rings (SSSR count). The molecule has 0 atom stereocenters.